The van der Waals surface area contributed by atoms with Crippen molar-refractivity contribution in [2.75, 3.05) is 16.8 Å². The molecule has 1 unspecified atom stereocenters. The zero-order valence-electron chi connectivity index (χ0n) is 13.4. The first-order chi connectivity index (χ1) is 10.9. The van der Waals surface area contributed by atoms with Gasteiger partial charge < -0.3 is 10.2 Å². The third kappa shape index (κ3) is 3.27. The van der Waals surface area contributed by atoms with Crippen molar-refractivity contribution in [3.05, 3.63) is 40.4 Å². The lowest BCUT2D eigenvalue weighted by Gasteiger charge is -2.16. The summed E-state index contributed by atoms with van der Waals surface area (Å²) in [6.45, 7) is 6.31. The maximum absolute atomic E-state index is 12.4. The standard InChI is InChI=1S/C17H19N3O2S/c1-10-4-6-14(7-5-10)20-9-13(8-15(20)21)16(22)19-17-18-11(2)12(3)23-17/h4-7,13H,8-9H2,1-3H3,(H,18,19,22). The number of carbonyl (C=O) groups excluding carboxylic acids is 2. The molecule has 1 saturated heterocycles. The fourth-order valence-corrected chi connectivity index (χ4v) is 3.41. The molecule has 1 atom stereocenters. The third-order valence-corrected chi connectivity index (χ3v) is 5.09. The summed E-state index contributed by atoms with van der Waals surface area (Å²) in [5.41, 5.74) is 2.91. The average molecular weight is 329 g/mol. The van der Waals surface area contributed by atoms with E-state index in [1.165, 1.54) is 11.3 Å². The van der Waals surface area contributed by atoms with Crippen LogP contribution in [0.2, 0.25) is 0 Å². The number of amides is 2. The molecule has 5 nitrogen and oxygen atoms in total. The maximum atomic E-state index is 12.4. The quantitative estimate of drug-likeness (QED) is 0.941. The van der Waals surface area contributed by atoms with Crippen molar-refractivity contribution < 1.29 is 9.59 Å². The van der Waals surface area contributed by atoms with Crippen molar-refractivity contribution in [1.29, 1.82) is 0 Å². The number of benzene rings is 1. The number of rotatable bonds is 3. The summed E-state index contributed by atoms with van der Waals surface area (Å²) in [7, 11) is 0. The van der Waals surface area contributed by atoms with Gasteiger partial charge in [0.1, 0.15) is 0 Å². The molecule has 1 aliphatic rings. The minimum Gasteiger partial charge on any atom is -0.312 e. The minimum absolute atomic E-state index is 0.0134. The van der Waals surface area contributed by atoms with Crippen molar-refractivity contribution in [3.63, 3.8) is 0 Å². The molecule has 0 aliphatic carbocycles. The number of aromatic nitrogens is 1. The van der Waals surface area contributed by atoms with Gasteiger partial charge >= 0.3 is 0 Å². The molecule has 2 heterocycles. The Hall–Kier alpha value is -2.21. The van der Waals surface area contributed by atoms with Gasteiger partial charge in [-0.25, -0.2) is 4.98 Å². The molecule has 1 aromatic heterocycles. The van der Waals surface area contributed by atoms with E-state index < -0.39 is 0 Å². The molecule has 6 heteroatoms. The third-order valence-electron chi connectivity index (χ3n) is 4.10. The number of hydrogen-bond donors (Lipinski definition) is 1. The highest BCUT2D eigenvalue weighted by Crippen LogP contribution is 2.27. The van der Waals surface area contributed by atoms with Crippen LogP contribution < -0.4 is 10.2 Å². The van der Waals surface area contributed by atoms with Crippen LogP contribution in [0.3, 0.4) is 0 Å². The fraction of sp³-hybridized carbons (Fsp3) is 0.353. The highest BCUT2D eigenvalue weighted by molar-refractivity contribution is 7.15. The molecule has 2 amide bonds. The molecule has 3 rings (SSSR count). The van der Waals surface area contributed by atoms with Crippen LogP contribution in [-0.2, 0) is 9.59 Å². The second-order valence-corrected chi connectivity index (χ2v) is 7.09. The molecule has 1 aromatic carbocycles. The second-order valence-electron chi connectivity index (χ2n) is 5.89. The largest absolute Gasteiger partial charge is 0.312 e. The summed E-state index contributed by atoms with van der Waals surface area (Å²) in [5.74, 6) is -0.490. The molecule has 23 heavy (non-hydrogen) atoms. The average Bonchev–Trinajstić information content (AvgIpc) is 3.03. The molecule has 0 bridgehead atoms. The Balaban J connectivity index is 1.69. The first-order valence-electron chi connectivity index (χ1n) is 7.56. The van der Waals surface area contributed by atoms with E-state index in [0.717, 1.165) is 21.8 Å². The highest BCUT2D eigenvalue weighted by Gasteiger charge is 2.35. The molecule has 0 spiro atoms. The van der Waals surface area contributed by atoms with E-state index in [-0.39, 0.29) is 24.2 Å². The number of anilines is 2. The molecule has 120 valence electrons. The van der Waals surface area contributed by atoms with E-state index in [9.17, 15) is 9.59 Å². The Morgan fingerprint density at radius 3 is 2.57 bits per heavy atom. The molecule has 1 aliphatic heterocycles. The highest BCUT2D eigenvalue weighted by atomic mass is 32.1. The van der Waals surface area contributed by atoms with Crippen LogP contribution in [0.5, 0.6) is 0 Å². The molecule has 1 N–H and O–H groups in total. The van der Waals surface area contributed by atoms with Crippen LogP contribution in [-0.4, -0.2) is 23.3 Å². The van der Waals surface area contributed by atoms with Crippen LogP contribution in [0.1, 0.15) is 22.6 Å². The van der Waals surface area contributed by atoms with Crippen molar-refractivity contribution in [1.82, 2.24) is 4.98 Å². The summed E-state index contributed by atoms with van der Waals surface area (Å²) in [6, 6.07) is 7.77. The Morgan fingerprint density at radius 1 is 1.26 bits per heavy atom. The summed E-state index contributed by atoms with van der Waals surface area (Å²) in [4.78, 5) is 31.7. The van der Waals surface area contributed by atoms with Gasteiger partial charge in [-0.2, -0.15) is 0 Å². The van der Waals surface area contributed by atoms with Crippen molar-refractivity contribution in [2.45, 2.75) is 27.2 Å². The van der Waals surface area contributed by atoms with Gasteiger partial charge in [0.25, 0.3) is 0 Å². The van der Waals surface area contributed by atoms with Crippen LogP contribution >= 0.6 is 11.3 Å². The van der Waals surface area contributed by atoms with Crippen LogP contribution in [0.25, 0.3) is 0 Å². The zero-order chi connectivity index (χ0) is 16.6. The summed E-state index contributed by atoms with van der Waals surface area (Å²) in [5, 5.41) is 3.44. The Labute approximate surface area is 139 Å². The predicted molar refractivity (Wildman–Crippen MR) is 91.9 cm³/mol. The maximum Gasteiger partial charge on any atom is 0.231 e. The monoisotopic (exact) mass is 329 g/mol. The van der Waals surface area contributed by atoms with Crippen molar-refractivity contribution >= 4 is 34.0 Å². The van der Waals surface area contributed by atoms with Gasteiger partial charge in [0.2, 0.25) is 11.8 Å². The number of hydrogen-bond acceptors (Lipinski definition) is 4. The summed E-state index contributed by atoms with van der Waals surface area (Å²) >= 11 is 1.46. The first kappa shape index (κ1) is 15.7. The Morgan fingerprint density at radius 2 is 1.96 bits per heavy atom. The lowest BCUT2D eigenvalue weighted by Crippen LogP contribution is -2.28. The number of nitrogens with zero attached hydrogens (tertiary/aromatic N) is 2. The molecule has 2 aromatic rings. The summed E-state index contributed by atoms with van der Waals surface area (Å²) in [6.07, 6.45) is 0.239. The lowest BCUT2D eigenvalue weighted by atomic mass is 10.1. The minimum atomic E-state index is -0.340. The van der Waals surface area contributed by atoms with E-state index in [4.69, 9.17) is 0 Å². The van der Waals surface area contributed by atoms with Crippen molar-refractivity contribution in [2.24, 2.45) is 5.92 Å². The molecule has 0 saturated carbocycles. The van der Waals surface area contributed by atoms with Gasteiger partial charge in [-0.1, -0.05) is 17.7 Å². The normalized spacial score (nSPS) is 17.6. The second kappa shape index (κ2) is 6.12. The fourth-order valence-electron chi connectivity index (χ4n) is 2.59. The van der Waals surface area contributed by atoms with Gasteiger partial charge in [-0.3, -0.25) is 9.59 Å². The van der Waals surface area contributed by atoms with Crippen molar-refractivity contribution in [3.8, 4) is 0 Å². The topological polar surface area (TPSA) is 62.3 Å². The molecule has 1 fully saturated rings. The van der Waals surface area contributed by atoms with Gasteiger partial charge in [0.05, 0.1) is 11.6 Å². The van der Waals surface area contributed by atoms with Crippen LogP contribution in [0.4, 0.5) is 10.8 Å². The van der Waals surface area contributed by atoms with Gasteiger partial charge in [-0.05, 0) is 32.9 Å². The SMILES string of the molecule is Cc1ccc(N2CC(C(=O)Nc3nc(C)c(C)s3)CC2=O)cc1. The Kier molecular flexibility index (Phi) is 4.17. The van der Waals surface area contributed by atoms with Crippen LogP contribution in [0, 0.1) is 26.7 Å². The first-order valence-corrected chi connectivity index (χ1v) is 8.37. The number of thiazole rings is 1. The smallest absolute Gasteiger partial charge is 0.231 e. The number of nitrogens with one attached hydrogen (secondary N) is 1. The van der Waals surface area contributed by atoms with E-state index in [0.29, 0.717) is 11.7 Å². The van der Waals surface area contributed by atoms with Gasteiger partial charge in [0, 0.05) is 23.5 Å². The summed E-state index contributed by atoms with van der Waals surface area (Å²) < 4.78 is 0. The van der Waals surface area contributed by atoms with E-state index >= 15 is 0 Å². The van der Waals surface area contributed by atoms with E-state index in [1.807, 2.05) is 45.0 Å². The van der Waals surface area contributed by atoms with Gasteiger partial charge in [0.15, 0.2) is 5.13 Å². The zero-order valence-corrected chi connectivity index (χ0v) is 14.2. The number of carbonyl (C=O) groups is 2. The number of aryl methyl sites for hydroxylation is 3. The van der Waals surface area contributed by atoms with Gasteiger partial charge in [-0.15, -0.1) is 11.3 Å². The van der Waals surface area contributed by atoms with Crippen LogP contribution in [0.15, 0.2) is 24.3 Å². The van der Waals surface area contributed by atoms with E-state index in [1.54, 1.807) is 4.90 Å². The molecular formula is C17H19N3O2S. The lowest BCUT2D eigenvalue weighted by molar-refractivity contribution is -0.122. The predicted octanol–water partition coefficient (Wildman–Crippen LogP) is 3.06. The molecule has 0 radical (unpaired) electrons. The van der Waals surface area contributed by atoms with E-state index in [2.05, 4.69) is 10.3 Å². The molecular weight excluding hydrogens is 310 g/mol. The Bertz CT molecular complexity index is 732.